The van der Waals surface area contributed by atoms with Gasteiger partial charge in [-0.15, -0.1) is 0 Å². The molecule has 1 fully saturated rings. The fourth-order valence-corrected chi connectivity index (χ4v) is 5.17. The lowest BCUT2D eigenvalue weighted by molar-refractivity contribution is -0.126. The zero-order valence-electron chi connectivity index (χ0n) is 19.2. The standard InChI is InChI=1S/C24H33N3O4S/c1-18(2)21-7-11-23(12-8-21)32(29,30)27-15-13-26(14-16-27)19(3)24(28)25-17-20-5-9-22(31-4)10-6-20/h5-12,18-19H,13-17H2,1-4H3,(H,25,28)/t19-/m0/s1. The Morgan fingerprint density at radius 1 is 0.969 bits per heavy atom. The third-order valence-electron chi connectivity index (χ3n) is 6.01. The van der Waals surface area contributed by atoms with Crippen molar-refractivity contribution in [3.63, 3.8) is 0 Å². The van der Waals surface area contributed by atoms with E-state index in [4.69, 9.17) is 4.74 Å². The van der Waals surface area contributed by atoms with E-state index in [1.54, 1.807) is 19.2 Å². The fourth-order valence-electron chi connectivity index (χ4n) is 3.75. The van der Waals surface area contributed by atoms with Crippen molar-refractivity contribution in [2.45, 2.75) is 44.2 Å². The number of methoxy groups -OCH3 is 1. The topological polar surface area (TPSA) is 79.0 Å². The second kappa shape index (κ2) is 10.5. The lowest BCUT2D eigenvalue weighted by Gasteiger charge is -2.36. The molecule has 1 N–H and O–H groups in total. The predicted octanol–water partition coefficient (Wildman–Crippen LogP) is 2.83. The number of ether oxygens (including phenoxy) is 1. The Hall–Kier alpha value is -2.42. The first-order chi connectivity index (χ1) is 15.2. The number of nitrogens with zero attached hydrogens (tertiary/aromatic N) is 2. The number of carbonyl (C=O) groups is 1. The quantitative estimate of drug-likeness (QED) is 0.657. The molecule has 174 valence electrons. The van der Waals surface area contributed by atoms with E-state index in [0.29, 0.717) is 43.5 Å². The molecule has 2 aromatic carbocycles. The monoisotopic (exact) mass is 459 g/mol. The van der Waals surface area contributed by atoms with E-state index < -0.39 is 10.0 Å². The van der Waals surface area contributed by atoms with Crippen LogP contribution in [0.15, 0.2) is 53.4 Å². The van der Waals surface area contributed by atoms with Crippen molar-refractivity contribution in [3.8, 4) is 5.75 Å². The maximum Gasteiger partial charge on any atom is 0.243 e. The molecule has 0 bridgehead atoms. The largest absolute Gasteiger partial charge is 0.497 e. The van der Waals surface area contributed by atoms with Crippen LogP contribution in [0, 0.1) is 0 Å². The van der Waals surface area contributed by atoms with Crippen LogP contribution in [0.25, 0.3) is 0 Å². The van der Waals surface area contributed by atoms with Gasteiger partial charge in [0.25, 0.3) is 0 Å². The van der Waals surface area contributed by atoms with E-state index in [1.807, 2.05) is 48.2 Å². The minimum Gasteiger partial charge on any atom is -0.497 e. The molecule has 1 aliphatic rings. The van der Waals surface area contributed by atoms with Gasteiger partial charge >= 0.3 is 0 Å². The molecule has 0 aromatic heterocycles. The number of sulfonamides is 1. The van der Waals surface area contributed by atoms with Crippen LogP contribution in [-0.2, 0) is 21.4 Å². The molecule has 0 aliphatic carbocycles. The lowest BCUT2D eigenvalue weighted by atomic mass is 10.0. The highest BCUT2D eigenvalue weighted by Gasteiger charge is 2.31. The van der Waals surface area contributed by atoms with E-state index in [2.05, 4.69) is 19.2 Å². The van der Waals surface area contributed by atoms with Crippen molar-refractivity contribution in [1.82, 2.24) is 14.5 Å². The van der Waals surface area contributed by atoms with Crippen LogP contribution in [0.5, 0.6) is 5.75 Å². The molecule has 32 heavy (non-hydrogen) atoms. The molecule has 0 saturated carbocycles. The van der Waals surface area contributed by atoms with Gasteiger partial charge in [-0.2, -0.15) is 4.31 Å². The Morgan fingerprint density at radius 2 is 1.56 bits per heavy atom. The molecule has 0 radical (unpaired) electrons. The summed E-state index contributed by atoms with van der Waals surface area (Å²) in [6, 6.07) is 14.4. The van der Waals surface area contributed by atoms with Gasteiger partial charge in [-0.3, -0.25) is 9.69 Å². The predicted molar refractivity (Wildman–Crippen MR) is 125 cm³/mol. The molecular formula is C24H33N3O4S. The maximum atomic E-state index is 13.0. The average Bonchev–Trinajstić information content (AvgIpc) is 2.82. The molecule has 7 nitrogen and oxygen atoms in total. The van der Waals surface area contributed by atoms with Crippen LogP contribution < -0.4 is 10.1 Å². The summed E-state index contributed by atoms with van der Waals surface area (Å²) in [5.74, 6) is 1.06. The third kappa shape index (κ3) is 5.68. The summed E-state index contributed by atoms with van der Waals surface area (Å²) < 4.78 is 32.7. The molecule has 1 aliphatic heterocycles. The maximum absolute atomic E-state index is 13.0. The second-order valence-electron chi connectivity index (χ2n) is 8.41. The zero-order valence-corrected chi connectivity index (χ0v) is 20.1. The number of carbonyl (C=O) groups excluding carboxylic acids is 1. The molecule has 1 amide bonds. The van der Waals surface area contributed by atoms with Crippen LogP contribution in [0.4, 0.5) is 0 Å². The molecule has 0 unspecified atom stereocenters. The van der Waals surface area contributed by atoms with Crippen molar-refractivity contribution in [2.75, 3.05) is 33.3 Å². The Kier molecular flexibility index (Phi) is 7.92. The van der Waals surface area contributed by atoms with Gasteiger partial charge in [0.05, 0.1) is 18.0 Å². The van der Waals surface area contributed by atoms with Gasteiger partial charge in [0.15, 0.2) is 0 Å². The van der Waals surface area contributed by atoms with E-state index in [1.165, 1.54) is 4.31 Å². The molecule has 2 aromatic rings. The van der Waals surface area contributed by atoms with E-state index in [-0.39, 0.29) is 11.9 Å². The Balaban J connectivity index is 1.52. The number of benzene rings is 2. The summed E-state index contributed by atoms with van der Waals surface area (Å²) in [5, 5.41) is 2.96. The first kappa shape index (κ1) is 24.2. The highest BCUT2D eigenvalue weighted by molar-refractivity contribution is 7.89. The smallest absolute Gasteiger partial charge is 0.243 e. The summed E-state index contributed by atoms with van der Waals surface area (Å²) in [6.45, 7) is 8.22. The first-order valence-corrected chi connectivity index (χ1v) is 12.4. The lowest BCUT2D eigenvalue weighted by Crippen LogP contribution is -2.54. The first-order valence-electron chi connectivity index (χ1n) is 11.0. The summed E-state index contributed by atoms with van der Waals surface area (Å²) in [4.78, 5) is 15.0. The molecule has 3 rings (SSSR count). The van der Waals surface area contributed by atoms with Gasteiger partial charge in [-0.25, -0.2) is 8.42 Å². The van der Waals surface area contributed by atoms with Gasteiger partial charge in [-0.1, -0.05) is 38.1 Å². The Bertz CT molecular complexity index is 997. The highest BCUT2D eigenvalue weighted by Crippen LogP contribution is 2.21. The van der Waals surface area contributed by atoms with Gasteiger partial charge in [-0.05, 0) is 48.2 Å². The summed E-state index contributed by atoms with van der Waals surface area (Å²) in [7, 11) is -1.91. The summed E-state index contributed by atoms with van der Waals surface area (Å²) in [6.07, 6.45) is 0. The Morgan fingerprint density at radius 3 is 2.09 bits per heavy atom. The van der Waals surface area contributed by atoms with Crippen LogP contribution in [-0.4, -0.2) is 62.9 Å². The molecule has 8 heteroatoms. The normalized spacial score (nSPS) is 16.7. The van der Waals surface area contributed by atoms with Crippen molar-refractivity contribution in [1.29, 1.82) is 0 Å². The number of nitrogens with one attached hydrogen (secondary N) is 1. The second-order valence-corrected chi connectivity index (χ2v) is 10.3. The summed E-state index contributed by atoms with van der Waals surface area (Å²) in [5.41, 5.74) is 2.11. The minimum atomic E-state index is -3.53. The fraction of sp³-hybridized carbons (Fsp3) is 0.458. The van der Waals surface area contributed by atoms with Crippen LogP contribution >= 0.6 is 0 Å². The van der Waals surface area contributed by atoms with E-state index in [0.717, 1.165) is 16.9 Å². The SMILES string of the molecule is COc1ccc(CNC(=O)[C@H](C)N2CCN(S(=O)(=O)c3ccc(C(C)C)cc3)CC2)cc1. The van der Waals surface area contributed by atoms with Crippen LogP contribution in [0.3, 0.4) is 0 Å². The van der Waals surface area contributed by atoms with Gasteiger partial charge in [0.2, 0.25) is 15.9 Å². The van der Waals surface area contributed by atoms with E-state index in [9.17, 15) is 13.2 Å². The van der Waals surface area contributed by atoms with Crippen LogP contribution in [0.1, 0.15) is 37.8 Å². The number of rotatable bonds is 8. The molecular weight excluding hydrogens is 426 g/mol. The number of hydrogen-bond acceptors (Lipinski definition) is 5. The van der Waals surface area contributed by atoms with Crippen molar-refractivity contribution < 1.29 is 17.9 Å². The average molecular weight is 460 g/mol. The molecule has 1 heterocycles. The minimum absolute atomic E-state index is 0.0681. The Labute approximate surface area is 191 Å². The van der Waals surface area contributed by atoms with Crippen molar-refractivity contribution in [2.24, 2.45) is 0 Å². The number of hydrogen-bond donors (Lipinski definition) is 1. The van der Waals surface area contributed by atoms with E-state index >= 15 is 0 Å². The van der Waals surface area contributed by atoms with Gasteiger partial charge in [0, 0.05) is 32.7 Å². The highest BCUT2D eigenvalue weighted by atomic mass is 32.2. The van der Waals surface area contributed by atoms with Crippen LogP contribution in [0.2, 0.25) is 0 Å². The zero-order chi connectivity index (χ0) is 23.3. The summed E-state index contributed by atoms with van der Waals surface area (Å²) >= 11 is 0. The van der Waals surface area contributed by atoms with Gasteiger partial charge in [0.1, 0.15) is 5.75 Å². The van der Waals surface area contributed by atoms with Gasteiger partial charge < -0.3 is 10.1 Å². The molecule has 1 saturated heterocycles. The molecule has 1 atom stereocenters. The number of piperazine rings is 1. The number of amides is 1. The van der Waals surface area contributed by atoms with Crippen molar-refractivity contribution >= 4 is 15.9 Å². The molecule has 0 spiro atoms. The third-order valence-corrected chi connectivity index (χ3v) is 7.92. The van der Waals surface area contributed by atoms with Crippen molar-refractivity contribution in [3.05, 3.63) is 59.7 Å².